The van der Waals surface area contributed by atoms with Crippen LogP contribution in [0.15, 0.2) is 58.0 Å². The predicted molar refractivity (Wildman–Crippen MR) is 111 cm³/mol. The summed E-state index contributed by atoms with van der Waals surface area (Å²) < 4.78 is 7.26. The fourth-order valence-corrected chi connectivity index (χ4v) is 4.12. The van der Waals surface area contributed by atoms with Crippen LogP contribution in [-0.4, -0.2) is 59.8 Å². The lowest BCUT2D eigenvalue weighted by Gasteiger charge is -2.26. The number of ether oxygens (including phenoxy) is 1. The summed E-state index contributed by atoms with van der Waals surface area (Å²) >= 11 is 0. The van der Waals surface area contributed by atoms with Crippen LogP contribution in [0.1, 0.15) is 19.1 Å². The number of hydrogen-bond acceptors (Lipinski definition) is 9. The monoisotopic (exact) mass is 426 g/mol. The Kier molecular flexibility index (Phi) is 4.74. The van der Waals surface area contributed by atoms with Crippen molar-refractivity contribution in [3.05, 3.63) is 63.5 Å². The second kappa shape index (κ2) is 7.46. The summed E-state index contributed by atoms with van der Waals surface area (Å²) in [7, 11) is 0. The number of aromatic nitrogens is 4. The SMILES string of the molecule is NC1=C2CC=CC=C2C(O)C=C1Nc1nc(=O)c2ncn(C3CC(O)C(CO)O3)c2[nH]1. The van der Waals surface area contributed by atoms with Gasteiger partial charge in [0, 0.05) is 6.42 Å². The smallest absolute Gasteiger partial charge is 0.302 e. The van der Waals surface area contributed by atoms with Gasteiger partial charge in [0.05, 0.1) is 36.5 Å². The molecule has 3 aliphatic rings. The van der Waals surface area contributed by atoms with Crippen molar-refractivity contribution < 1.29 is 20.1 Å². The Bertz CT molecular complexity index is 1220. The number of allylic oxidation sites excluding steroid dienone is 3. The number of rotatable bonds is 4. The van der Waals surface area contributed by atoms with Crippen LogP contribution in [0.2, 0.25) is 0 Å². The molecule has 0 saturated carbocycles. The van der Waals surface area contributed by atoms with E-state index in [2.05, 4.69) is 20.3 Å². The van der Waals surface area contributed by atoms with E-state index in [4.69, 9.17) is 10.5 Å². The van der Waals surface area contributed by atoms with Crippen LogP contribution in [0.5, 0.6) is 0 Å². The molecule has 31 heavy (non-hydrogen) atoms. The second-order valence-corrected chi connectivity index (χ2v) is 7.65. The summed E-state index contributed by atoms with van der Waals surface area (Å²) in [6.45, 7) is -0.314. The van der Waals surface area contributed by atoms with E-state index in [9.17, 15) is 20.1 Å². The highest BCUT2D eigenvalue weighted by atomic mass is 16.5. The first kappa shape index (κ1) is 19.7. The van der Waals surface area contributed by atoms with Crippen molar-refractivity contribution in [1.29, 1.82) is 0 Å². The number of nitrogens with one attached hydrogen (secondary N) is 2. The topological polar surface area (TPSA) is 172 Å². The summed E-state index contributed by atoms with van der Waals surface area (Å²) in [4.78, 5) is 23.6. The van der Waals surface area contributed by atoms with Crippen LogP contribution < -0.4 is 16.6 Å². The molecule has 5 rings (SSSR count). The van der Waals surface area contributed by atoms with Gasteiger partial charge in [-0.25, -0.2) is 4.98 Å². The van der Waals surface area contributed by atoms with Crippen molar-refractivity contribution in [3.8, 4) is 0 Å². The van der Waals surface area contributed by atoms with Crippen LogP contribution in [0.25, 0.3) is 11.2 Å². The van der Waals surface area contributed by atoms with E-state index in [1.165, 1.54) is 6.33 Å². The summed E-state index contributed by atoms with van der Waals surface area (Å²) in [5, 5.41) is 32.8. The number of hydrogen-bond donors (Lipinski definition) is 6. The number of aliphatic hydroxyl groups is 3. The Balaban J connectivity index is 1.49. The summed E-state index contributed by atoms with van der Waals surface area (Å²) in [6.07, 6.45) is 6.49. The zero-order valence-electron chi connectivity index (χ0n) is 16.4. The highest BCUT2D eigenvalue weighted by Gasteiger charge is 2.35. The third-order valence-corrected chi connectivity index (χ3v) is 5.73. The van der Waals surface area contributed by atoms with Gasteiger partial charge in [-0.05, 0) is 23.6 Å². The van der Waals surface area contributed by atoms with Gasteiger partial charge < -0.3 is 36.1 Å². The molecule has 2 aliphatic carbocycles. The number of aliphatic hydroxyl groups excluding tert-OH is 3. The molecular weight excluding hydrogens is 404 g/mol. The molecule has 7 N–H and O–H groups in total. The van der Waals surface area contributed by atoms with Crippen molar-refractivity contribution in [2.45, 2.75) is 37.4 Å². The number of aromatic amines is 1. The number of H-pyrrole nitrogens is 1. The van der Waals surface area contributed by atoms with E-state index >= 15 is 0 Å². The van der Waals surface area contributed by atoms with E-state index in [-0.39, 0.29) is 24.5 Å². The molecule has 11 heteroatoms. The third kappa shape index (κ3) is 3.27. The molecule has 162 valence electrons. The van der Waals surface area contributed by atoms with E-state index in [0.717, 1.165) is 11.1 Å². The maximum Gasteiger partial charge on any atom is 0.302 e. The highest BCUT2D eigenvalue weighted by molar-refractivity contribution is 5.71. The lowest BCUT2D eigenvalue weighted by molar-refractivity contribution is -0.0432. The number of imidazole rings is 1. The zero-order chi connectivity index (χ0) is 21.7. The Morgan fingerprint density at radius 1 is 1.39 bits per heavy atom. The van der Waals surface area contributed by atoms with Gasteiger partial charge in [-0.3, -0.25) is 9.36 Å². The minimum atomic E-state index is -0.834. The summed E-state index contributed by atoms with van der Waals surface area (Å²) in [5.41, 5.74) is 8.68. The van der Waals surface area contributed by atoms with E-state index in [0.29, 0.717) is 23.5 Å². The Labute approximate surface area is 175 Å². The lowest BCUT2D eigenvalue weighted by Crippen LogP contribution is -2.26. The number of nitrogens with two attached hydrogens (primary N) is 1. The molecule has 0 aromatic carbocycles. The van der Waals surface area contributed by atoms with Gasteiger partial charge in [0.25, 0.3) is 0 Å². The first-order valence-electron chi connectivity index (χ1n) is 9.90. The van der Waals surface area contributed by atoms with Gasteiger partial charge in [-0.2, -0.15) is 4.98 Å². The molecule has 4 atom stereocenters. The number of fused-ring (bicyclic) bond motifs is 2. The maximum absolute atomic E-state index is 12.5. The third-order valence-electron chi connectivity index (χ3n) is 5.73. The van der Waals surface area contributed by atoms with Gasteiger partial charge in [0.15, 0.2) is 5.52 Å². The molecule has 0 bridgehead atoms. The molecule has 1 aliphatic heterocycles. The average molecular weight is 426 g/mol. The van der Waals surface area contributed by atoms with Crippen LogP contribution in [0.3, 0.4) is 0 Å². The lowest BCUT2D eigenvalue weighted by atomic mass is 9.87. The van der Waals surface area contributed by atoms with Gasteiger partial charge in [0.1, 0.15) is 18.0 Å². The van der Waals surface area contributed by atoms with E-state index in [1.54, 1.807) is 10.6 Å². The first-order valence-corrected chi connectivity index (χ1v) is 9.90. The molecule has 2 aromatic heterocycles. The highest BCUT2D eigenvalue weighted by Crippen LogP contribution is 2.33. The van der Waals surface area contributed by atoms with Crippen molar-refractivity contribution >= 4 is 17.1 Å². The van der Waals surface area contributed by atoms with Crippen molar-refractivity contribution in [3.63, 3.8) is 0 Å². The normalized spacial score (nSPS) is 28.0. The maximum atomic E-state index is 12.5. The quantitative estimate of drug-likeness (QED) is 0.378. The minimum Gasteiger partial charge on any atom is -0.397 e. The van der Waals surface area contributed by atoms with E-state index in [1.807, 2.05) is 18.2 Å². The zero-order valence-corrected chi connectivity index (χ0v) is 16.4. The number of anilines is 1. The molecule has 0 radical (unpaired) electrons. The van der Waals surface area contributed by atoms with Gasteiger partial charge in [-0.1, -0.05) is 18.2 Å². The average Bonchev–Trinajstić information content (AvgIpc) is 3.35. The summed E-state index contributed by atoms with van der Waals surface area (Å²) in [6, 6.07) is 0. The van der Waals surface area contributed by atoms with Crippen molar-refractivity contribution in [2.24, 2.45) is 5.73 Å². The van der Waals surface area contributed by atoms with Crippen LogP contribution in [0, 0.1) is 0 Å². The van der Waals surface area contributed by atoms with Gasteiger partial charge >= 0.3 is 5.56 Å². The molecular formula is C20H22N6O5. The van der Waals surface area contributed by atoms with Crippen molar-refractivity contribution in [2.75, 3.05) is 11.9 Å². The molecule has 0 spiro atoms. The van der Waals surface area contributed by atoms with Crippen LogP contribution >= 0.6 is 0 Å². The standard InChI is InChI=1S/C20H22N6O5/c21-16-10-4-2-1-3-9(10)12(28)5-11(16)23-20-24-18-17(19(30)25-20)22-8-26(18)15-6-13(29)14(7-27)31-15/h1-3,5,8,12-15,27-29H,4,6-7,21H2,(H2,23,24,25,30). The summed E-state index contributed by atoms with van der Waals surface area (Å²) in [5.74, 6) is 0.122. The molecule has 11 nitrogen and oxygen atoms in total. The molecule has 4 unspecified atom stereocenters. The number of nitrogens with zero attached hydrogens (tertiary/aromatic N) is 3. The Morgan fingerprint density at radius 3 is 3.00 bits per heavy atom. The fraction of sp³-hybridized carbons (Fsp3) is 0.350. The van der Waals surface area contributed by atoms with Gasteiger partial charge in [0.2, 0.25) is 5.95 Å². The molecule has 2 aromatic rings. The predicted octanol–water partition coefficient (Wildman–Crippen LogP) is -0.470. The molecule has 3 heterocycles. The molecule has 1 fully saturated rings. The Hall–Kier alpha value is -3.25. The first-order chi connectivity index (χ1) is 15.0. The van der Waals surface area contributed by atoms with Crippen molar-refractivity contribution in [1.82, 2.24) is 19.5 Å². The van der Waals surface area contributed by atoms with E-state index < -0.39 is 30.1 Å². The van der Waals surface area contributed by atoms with Crippen LogP contribution in [0.4, 0.5) is 5.95 Å². The molecule has 1 saturated heterocycles. The molecule has 0 amide bonds. The minimum absolute atomic E-state index is 0.114. The van der Waals surface area contributed by atoms with Crippen LogP contribution in [-0.2, 0) is 4.74 Å². The Morgan fingerprint density at radius 2 is 2.23 bits per heavy atom. The van der Waals surface area contributed by atoms with Gasteiger partial charge in [-0.15, -0.1) is 0 Å². The second-order valence-electron chi connectivity index (χ2n) is 7.65. The largest absolute Gasteiger partial charge is 0.397 e. The fourth-order valence-electron chi connectivity index (χ4n) is 4.12.